The van der Waals surface area contributed by atoms with E-state index in [2.05, 4.69) is 24.1 Å². The van der Waals surface area contributed by atoms with Crippen LogP contribution in [-0.2, 0) is 20.9 Å². The predicted octanol–water partition coefficient (Wildman–Crippen LogP) is 2.05. The minimum atomic E-state index is -0.551. The lowest BCUT2D eigenvalue weighted by molar-refractivity contribution is -0.384. The first-order valence-electron chi connectivity index (χ1n) is 12.5. The number of rotatable bonds is 10. The average Bonchev–Trinajstić information content (AvgIpc) is 3.26. The Morgan fingerprint density at radius 1 is 1.23 bits per heavy atom. The number of nitrogens with one attached hydrogen (secondary N) is 1. The van der Waals surface area contributed by atoms with Crippen LogP contribution in [0, 0.1) is 16.0 Å². The maximum Gasteiger partial charge on any atom is 0.269 e. The third kappa shape index (κ3) is 7.46. The fourth-order valence-electron chi connectivity index (χ4n) is 5.14. The highest BCUT2D eigenvalue weighted by Crippen LogP contribution is 2.27. The Labute approximate surface area is 207 Å². The lowest BCUT2D eigenvalue weighted by Gasteiger charge is -2.30. The Morgan fingerprint density at radius 2 is 1.89 bits per heavy atom. The van der Waals surface area contributed by atoms with Gasteiger partial charge in [0.2, 0.25) is 11.8 Å². The van der Waals surface area contributed by atoms with E-state index in [1.165, 1.54) is 19.2 Å². The molecule has 3 N–H and O–H groups in total. The van der Waals surface area contributed by atoms with Gasteiger partial charge < -0.3 is 20.7 Å². The van der Waals surface area contributed by atoms with Gasteiger partial charge in [-0.2, -0.15) is 0 Å². The third-order valence-electron chi connectivity index (χ3n) is 6.94. The maximum absolute atomic E-state index is 13.3. The van der Waals surface area contributed by atoms with Crippen LogP contribution in [0.4, 0.5) is 5.69 Å². The minimum absolute atomic E-state index is 0.0103. The smallest absolute Gasteiger partial charge is 0.269 e. The number of benzene rings is 1. The summed E-state index contributed by atoms with van der Waals surface area (Å²) in [4.78, 5) is 40.7. The van der Waals surface area contributed by atoms with Crippen molar-refractivity contribution in [3.63, 3.8) is 0 Å². The molecular formula is C25H39N5O5. The summed E-state index contributed by atoms with van der Waals surface area (Å²) in [6.07, 6.45) is 4.03. The molecule has 2 amide bonds. The standard InChI is InChI=1S/C25H39N5O5/c1-17(2)13-28(14-18-4-10-21(11-5-18)30(33)34)22-12-23(29(15-22)24(31)16-35-3)25(32)27-20-8-6-19(26)7-9-20/h4-5,10-11,17,19-20,22-23H,6-9,12-16,26H2,1-3H3,(H,27,32). The van der Waals surface area contributed by atoms with E-state index < -0.39 is 11.0 Å². The Bertz CT molecular complexity index is 870. The number of carbonyl (C=O) groups excluding carboxylic acids is 2. The molecule has 0 radical (unpaired) electrons. The lowest BCUT2D eigenvalue weighted by atomic mass is 9.91. The summed E-state index contributed by atoms with van der Waals surface area (Å²) in [7, 11) is 1.48. The molecular weight excluding hydrogens is 450 g/mol. The summed E-state index contributed by atoms with van der Waals surface area (Å²) in [5.74, 6) is 0.0633. The number of likely N-dealkylation sites (tertiary alicyclic amines) is 1. The first-order chi connectivity index (χ1) is 16.7. The summed E-state index contributed by atoms with van der Waals surface area (Å²) in [6.45, 7) is 5.99. The number of nitro benzene ring substituents is 1. The number of hydrogen-bond donors (Lipinski definition) is 2. The molecule has 2 unspecified atom stereocenters. The lowest BCUT2D eigenvalue weighted by Crippen LogP contribution is -2.50. The van der Waals surface area contributed by atoms with Gasteiger partial charge in [0.1, 0.15) is 12.6 Å². The van der Waals surface area contributed by atoms with E-state index in [0.717, 1.165) is 37.8 Å². The van der Waals surface area contributed by atoms with Crippen LogP contribution in [0.15, 0.2) is 24.3 Å². The number of methoxy groups -OCH3 is 1. The minimum Gasteiger partial charge on any atom is -0.375 e. The molecule has 2 fully saturated rings. The summed E-state index contributed by atoms with van der Waals surface area (Å²) in [5.41, 5.74) is 7.02. The molecule has 1 saturated carbocycles. The number of nitro groups is 1. The number of nitrogens with two attached hydrogens (primary N) is 1. The molecule has 10 heteroatoms. The van der Waals surface area contributed by atoms with Gasteiger partial charge in [-0.05, 0) is 43.6 Å². The SMILES string of the molecule is COCC(=O)N1CC(N(Cc2ccc([N+](=O)[O-])cc2)CC(C)C)CC1C(=O)NC1CCC(N)CC1. The van der Waals surface area contributed by atoms with Gasteiger partial charge in [-0.15, -0.1) is 0 Å². The number of non-ortho nitro benzene ring substituents is 1. The van der Waals surface area contributed by atoms with Crippen LogP contribution in [0.25, 0.3) is 0 Å². The van der Waals surface area contributed by atoms with Crippen LogP contribution < -0.4 is 11.1 Å². The van der Waals surface area contributed by atoms with Crippen molar-refractivity contribution in [2.75, 3.05) is 26.8 Å². The van der Waals surface area contributed by atoms with E-state index in [4.69, 9.17) is 10.5 Å². The van der Waals surface area contributed by atoms with Crippen LogP contribution in [-0.4, -0.2) is 77.5 Å². The number of hydrogen-bond acceptors (Lipinski definition) is 7. The third-order valence-corrected chi connectivity index (χ3v) is 6.94. The first kappa shape index (κ1) is 27.0. The molecule has 2 aliphatic rings. The van der Waals surface area contributed by atoms with Crippen molar-refractivity contribution < 1.29 is 19.2 Å². The molecule has 1 saturated heterocycles. The van der Waals surface area contributed by atoms with E-state index in [9.17, 15) is 19.7 Å². The van der Waals surface area contributed by atoms with E-state index in [0.29, 0.717) is 25.4 Å². The van der Waals surface area contributed by atoms with Crippen molar-refractivity contribution in [1.82, 2.24) is 15.1 Å². The molecule has 1 aromatic rings. The van der Waals surface area contributed by atoms with Gasteiger partial charge in [0, 0.05) is 57.0 Å². The Balaban J connectivity index is 1.75. The second-order valence-corrected chi connectivity index (χ2v) is 10.3. The van der Waals surface area contributed by atoms with E-state index in [1.54, 1.807) is 17.0 Å². The second-order valence-electron chi connectivity index (χ2n) is 10.3. The quantitative estimate of drug-likeness (QED) is 0.380. The highest BCUT2D eigenvalue weighted by molar-refractivity contribution is 5.89. The number of nitrogens with zero attached hydrogens (tertiary/aromatic N) is 3. The zero-order chi connectivity index (χ0) is 25.5. The van der Waals surface area contributed by atoms with E-state index >= 15 is 0 Å². The summed E-state index contributed by atoms with van der Waals surface area (Å²) in [6, 6.07) is 6.29. The summed E-state index contributed by atoms with van der Waals surface area (Å²) < 4.78 is 5.09. The molecule has 1 aliphatic carbocycles. The van der Waals surface area contributed by atoms with Crippen LogP contribution in [0.5, 0.6) is 0 Å². The molecule has 1 aromatic carbocycles. The Morgan fingerprint density at radius 3 is 2.46 bits per heavy atom. The fourth-order valence-corrected chi connectivity index (χ4v) is 5.14. The van der Waals surface area contributed by atoms with Crippen molar-refractivity contribution in [2.24, 2.45) is 11.7 Å². The highest BCUT2D eigenvalue weighted by Gasteiger charge is 2.42. The van der Waals surface area contributed by atoms with Gasteiger partial charge in [0.05, 0.1) is 4.92 Å². The van der Waals surface area contributed by atoms with Crippen molar-refractivity contribution in [2.45, 2.75) is 76.7 Å². The number of ether oxygens (including phenoxy) is 1. The molecule has 3 rings (SSSR count). The van der Waals surface area contributed by atoms with Crippen molar-refractivity contribution >= 4 is 17.5 Å². The van der Waals surface area contributed by atoms with Gasteiger partial charge in [-0.25, -0.2) is 0 Å². The molecule has 0 bridgehead atoms. The molecule has 194 valence electrons. The Hall–Kier alpha value is -2.56. The summed E-state index contributed by atoms with van der Waals surface area (Å²) in [5, 5.41) is 14.2. The summed E-state index contributed by atoms with van der Waals surface area (Å²) >= 11 is 0. The van der Waals surface area contributed by atoms with Crippen molar-refractivity contribution in [1.29, 1.82) is 0 Å². The molecule has 2 atom stereocenters. The molecule has 1 aliphatic heterocycles. The van der Waals surface area contributed by atoms with Gasteiger partial charge in [0.25, 0.3) is 5.69 Å². The van der Waals surface area contributed by atoms with Crippen molar-refractivity contribution in [3.8, 4) is 0 Å². The monoisotopic (exact) mass is 489 g/mol. The molecule has 10 nitrogen and oxygen atoms in total. The largest absolute Gasteiger partial charge is 0.375 e. The molecule has 0 spiro atoms. The molecule has 1 heterocycles. The van der Waals surface area contributed by atoms with Crippen LogP contribution in [0.3, 0.4) is 0 Å². The van der Waals surface area contributed by atoms with Gasteiger partial charge in [0.15, 0.2) is 0 Å². The predicted molar refractivity (Wildman–Crippen MR) is 133 cm³/mol. The number of carbonyl (C=O) groups is 2. The molecule has 0 aromatic heterocycles. The van der Waals surface area contributed by atoms with Crippen LogP contribution in [0.1, 0.15) is 51.5 Å². The molecule has 35 heavy (non-hydrogen) atoms. The number of amides is 2. The normalized spacial score (nSPS) is 24.7. The fraction of sp³-hybridized carbons (Fsp3) is 0.680. The van der Waals surface area contributed by atoms with E-state index in [1.807, 2.05) is 0 Å². The second kappa shape index (κ2) is 12.4. The highest BCUT2D eigenvalue weighted by atomic mass is 16.6. The van der Waals surface area contributed by atoms with E-state index in [-0.39, 0.29) is 42.2 Å². The van der Waals surface area contributed by atoms with Gasteiger partial charge >= 0.3 is 0 Å². The first-order valence-corrected chi connectivity index (χ1v) is 12.5. The van der Waals surface area contributed by atoms with Gasteiger partial charge in [-0.3, -0.25) is 24.6 Å². The van der Waals surface area contributed by atoms with Crippen LogP contribution >= 0.6 is 0 Å². The maximum atomic E-state index is 13.3. The Kier molecular flexibility index (Phi) is 9.59. The van der Waals surface area contributed by atoms with Gasteiger partial charge in [-0.1, -0.05) is 26.0 Å². The zero-order valence-electron chi connectivity index (χ0n) is 21.0. The average molecular weight is 490 g/mol. The van der Waals surface area contributed by atoms with Crippen molar-refractivity contribution in [3.05, 3.63) is 39.9 Å². The zero-order valence-corrected chi connectivity index (χ0v) is 21.0. The van der Waals surface area contributed by atoms with Crippen LogP contribution in [0.2, 0.25) is 0 Å². The topological polar surface area (TPSA) is 131 Å².